The molecule has 1 heterocycles. The molecule has 0 atom stereocenters. The third-order valence-corrected chi connectivity index (χ3v) is 4.37. The number of anilines is 3. The van der Waals surface area contributed by atoms with E-state index in [1.54, 1.807) is 13.0 Å². The van der Waals surface area contributed by atoms with Crippen LogP contribution in [-0.2, 0) is 4.74 Å². The van der Waals surface area contributed by atoms with Crippen molar-refractivity contribution in [1.29, 1.82) is 0 Å². The summed E-state index contributed by atoms with van der Waals surface area (Å²) in [6, 6.07) is 19.4. The van der Waals surface area contributed by atoms with Gasteiger partial charge in [0.1, 0.15) is 11.6 Å². The first-order chi connectivity index (χ1) is 13.7. The number of carbonyl (C=O) groups excluding carboxylic acids is 1. The molecule has 0 amide bonds. The van der Waals surface area contributed by atoms with Gasteiger partial charge in [0.05, 0.1) is 17.9 Å². The van der Waals surface area contributed by atoms with Crippen molar-refractivity contribution in [3.63, 3.8) is 0 Å². The normalized spacial score (nSPS) is 13.0. The first kappa shape index (κ1) is 18.0. The number of benzene rings is 2. The molecule has 1 aromatic heterocycles. The summed E-state index contributed by atoms with van der Waals surface area (Å²) in [4.78, 5) is 21.6. The van der Waals surface area contributed by atoms with Crippen molar-refractivity contribution in [3.8, 4) is 11.4 Å². The number of ether oxygens (including phenoxy) is 1. The quantitative estimate of drug-likeness (QED) is 0.587. The Morgan fingerprint density at radius 3 is 2.50 bits per heavy atom. The lowest BCUT2D eigenvalue weighted by Gasteiger charge is -2.13. The third kappa shape index (κ3) is 4.28. The molecule has 0 radical (unpaired) electrons. The van der Waals surface area contributed by atoms with E-state index in [9.17, 15) is 4.79 Å². The molecule has 28 heavy (non-hydrogen) atoms. The molecule has 1 aliphatic rings. The van der Waals surface area contributed by atoms with Gasteiger partial charge in [0.15, 0.2) is 5.82 Å². The number of para-hydroxylation sites is 1. The molecule has 0 bridgehead atoms. The van der Waals surface area contributed by atoms with Gasteiger partial charge in [0.2, 0.25) is 0 Å². The zero-order valence-corrected chi connectivity index (χ0v) is 15.7. The summed E-state index contributed by atoms with van der Waals surface area (Å²) in [5.41, 5.74) is 2.06. The molecule has 6 heteroatoms. The van der Waals surface area contributed by atoms with Crippen molar-refractivity contribution in [2.75, 3.05) is 17.2 Å². The molecule has 1 saturated carbocycles. The fourth-order valence-corrected chi connectivity index (χ4v) is 2.86. The van der Waals surface area contributed by atoms with E-state index >= 15 is 0 Å². The van der Waals surface area contributed by atoms with Crippen LogP contribution in [0.5, 0.6) is 0 Å². The summed E-state index contributed by atoms with van der Waals surface area (Å²) in [7, 11) is 0. The second-order valence-corrected chi connectivity index (χ2v) is 6.64. The highest BCUT2D eigenvalue weighted by Gasteiger charge is 2.22. The second-order valence-electron chi connectivity index (χ2n) is 6.64. The molecule has 0 saturated heterocycles. The highest BCUT2D eigenvalue weighted by Crippen LogP contribution is 2.28. The minimum Gasteiger partial charge on any atom is -0.462 e. The van der Waals surface area contributed by atoms with Crippen molar-refractivity contribution in [1.82, 2.24) is 9.97 Å². The number of aromatic nitrogens is 2. The summed E-state index contributed by atoms with van der Waals surface area (Å²) >= 11 is 0. The molecule has 1 aliphatic carbocycles. The highest BCUT2D eigenvalue weighted by molar-refractivity contribution is 5.96. The fraction of sp³-hybridized carbons (Fsp3) is 0.227. The van der Waals surface area contributed by atoms with Crippen molar-refractivity contribution < 1.29 is 9.53 Å². The maximum atomic E-state index is 12.3. The van der Waals surface area contributed by atoms with E-state index in [0.717, 1.165) is 24.2 Å². The third-order valence-electron chi connectivity index (χ3n) is 4.37. The number of esters is 1. The smallest absolute Gasteiger partial charge is 0.340 e. The van der Waals surface area contributed by atoms with Crippen LogP contribution in [0.1, 0.15) is 30.1 Å². The van der Waals surface area contributed by atoms with Crippen LogP contribution in [0.25, 0.3) is 11.4 Å². The van der Waals surface area contributed by atoms with Gasteiger partial charge in [-0.25, -0.2) is 14.8 Å². The molecule has 3 aromatic rings. The Balaban J connectivity index is 1.68. The van der Waals surface area contributed by atoms with Gasteiger partial charge in [-0.05, 0) is 31.9 Å². The topological polar surface area (TPSA) is 76.1 Å². The molecule has 1 fully saturated rings. The predicted octanol–water partition coefficient (Wildman–Crippen LogP) is 4.64. The van der Waals surface area contributed by atoms with Crippen molar-refractivity contribution in [3.05, 3.63) is 66.2 Å². The second kappa shape index (κ2) is 8.08. The van der Waals surface area contributed by atoms with Gasteiger partial charge < -0.3 is 15.4 Å². The van der Waals surface area contributed by atoms with E-state index in [4.69, 9.17) is 4.74 Å². The Labute approximate surface area is 164 Å². The van der Waals surface area contributed by atoms with E-state index in [-0.39, 0.29) is 5.97 Å². The molecule has 2 aromatic carbocycles. The van der Waals surface area contributed by atoms with Crippen LogP contribution in [0, 0.1) is 0 Å². The molecular formula is C22H22N4O2. The summed E-state index contributed by atoms with van der Waals surface area (Å²) < 4.78 is 5.16. The molecule has 0 aliphatic heterocycles. The van der Waals surface area contributed by atoms with Crippen LogP contribution in [-0.4, -0.2) is 28.6 Å². The molecule has 2 N–H and O–H groups in total. The van der Waals surface area contributed by atoms with Gasteiger partial charge in [0, 0.05) is 17.7 Å². The van der Waals surface area contributed by atoms with E-state index < -0.39 is 0 Å². The lowest BCUT2D eigenvalue weighted by atomic mass is 10.1. The molecular weight excluding hydrogens is 352 g/mol. The Hall–Kier alpha value is -3.41. The van der Waals surface area contributed by atoms with Crippen LogP contribution in [0.3, 0.4) is 0 Å². The van der Waals surface area contributed by atoms with E-state index in [0.29, 0.717) is 35.5 Å². The Kier molecular flexibility index (Phi) is 5.19. The highest BCUT2D eigenvalue weighted by atomic mass is 16.5. The molecule has 6 nitrogen and oxygen atoms in total. The van der Waals surface area contributed by atoms with Crippen LogP contribution in [0.4, 0.5) is 17.3 Å². The predicted molar refractivity (Wildman–Crippen MR) is 110 cm³/mol. The molecule has 4 rings (SSSR count). The van der Waals surface area contributed by atoms with E-state index in [1.807, 2.05) is 54.6 Å². The number of nitrogens with one attached hydrogen (secondary N) is 2. The van der Waals surface area contributed by atoms with Gasteiger partial charge in [-0.1, -0.05) is 42.5 Å². The lowest BCUT2D eigenvalue weighted by molar-refractivity contribution is 0.0527. The van der Waals surface area contributed by atoms with Crippen molar-refractivity contribution in [2.24, 2.45) is 0 Å². The van der Waals surface area contributed by atoms with Crippen LogP contribution in [0.2, 0.25) is 0 Å². The number of hydrogen-bond donors (Lipinski definition) is 2. The average Bonchev–Trinajstić information content (AvgIpc) is 3.53. The van der Waals surface area contributed by atoms with Gasteiger partial charge in [-0.3, -0.25) is 0 Å². The zero-order valence-electron chi connectivity index (χ0n) is 15.7. The summed E-state index contributed by atoms with van der Waals surface area (Å²) in [6.45, 7) is 2.12. The van der Waals surface area contributed by atoms with Gasteiger partial charge in [0.25, 0.3) is 0 Å². The van der Waals surface area contributed by atoms with E-state index in [1.165, 1.54) is 0 Å². The van der Waals surface area contributed by atoms with E-state index in [2.05, 4.69) is 20.6 Å². The summed E-state index contributed by atoms with van der Waals surface area (Å²) in [5, 5.41) is 6.69. The summed E-state index contributed by atoms with van der Waals surface area (Å²) in [6.07, 6.45) is 2.30. The SMILES string of the molecule is CCOC(=O)c1ccccc1Nc1cc(NC2CC2)nc(-c2ccccc2)n1. The summed E-state index contributed by atoms with van der Waals surface area (Å²) in [5.74, 6) is 1.66. The molecule has 0 spiro atoms. The first-order valence-corrected chi connectivity index (χ1v) is 9.47. The average molecular weight is 374 g/mol. The monoisotopic (exact) mass is 374 g/mol. The number of hydrogen-bond acceptors (Lipinski definition) is 6. The lowest BCUT2D eigenvalue weighted by Crippen LogP contribution is -2.09. The van der Waals surface area contributed by atoms with Crippen molar-refractivity contribution >= 4 is 23.3 Å². The maximum absolute atomic E-state index is 12.3. The van der Waals surface area contributed by atoms with Crippen LogP contribution >= 0.6 is 0 Å². The Morgan fingerprint density at radius 1 is 1.04 bits per heavy atom. The maximum Gasteiger partial charge on any atom is 0.340 e. The van der Waals surface area contributed by atoms with Crippen LogP contribution < -0.4 is 10.6 Å². The molecule has 142 valence electrons. The number of rotatable bonds is 7. The van der Waals surface area contributed by atoms with Gasteiger partial charge in [-0.2, -0.15) is 0 Å². The van der Waals surface area contributed by atoms with Gasteiger partial charge in [-0.15, -0.1) is 0 Å². The minimum absolute atomic E-state index is 0.328. The fourth-order valence-electron chi connectivity index (χ4n) is 2.86. The number of nitrogens with zero attached hydrogens (tertiary/aromatic N) is 2. The minimum atomic E-state index is -0.362. The standard InChI is InChI=1S/C22H22N4O2/c1-2-28-22(27)17-10-6-7-11-18(17)24-20-14-19(23-16-12-13-16)25-21(26-20)15-8-4-3-5-9-15/h3-11,14,16H,2,12-13H2,1H3,(H2,23,24,25,26). The zero-order chi connectivity index (χ0) is 19.3. The Morgan fingerprint density at radius 2 is 1.75 bits per heavy atom. The van der Waals surface area contributed by atoms with Crippen LogP contribution in [0.15, 0.2) is 60.7 Å². The van der Waals surface area contributed by atoms with Crippen molar-refractivity contribution in [2.45, 2.75) is 25.8 Å². The largest absolute Gasteiger partial charge is 0.462 e. The van der Waals surface area contributed by atoms with Gasteiger partial charge >= 0.3 is 5.97 Å². The molecule has 0 unspecified atom stereocenters. The Bertz CT molecular complexity index is 971. The number of carbonyl (C=O) groups is 1. The first-order valence-electron chi connectivity index (χ1n) is 9.47.